The third-order valence-corrected chi connectivity index (χ3v) is 2.22. The normalized spacial score (nSPS) is 29.2. The summed E-state index contributed by atoms with van der Waals surface area (Å²) in [6.45, 7) is 5.79. The van der Waals surface area contributed by atoms with Crippen molar-refractivity contribution in [3.63, 3.8) is 0 Å². The van der Waals surface area contributed by atoms with Crippen LogP contribution in [-0.2, 0) is 0 Å². The molecule has 11 heavy (non-hydrogen) atoms. The molecule has 66 valence electrons. The Morgan fingerprint density at radius 2 is 2.45 bits per heavy atom. The van der Waals surface area contributed by atoms with Crippen LogP contribution in [-0.4, -0.2) is 42.3 Å². The average molecular weight is 158 g/mol. The van der Waals surface area contributed by atoms with Crippen molar-refractivity contribution in [2.45, 2.75) is 19.4 Å². The number of hydrogen-bond acceptors (Lipinski definition) is 3. The van der Waals surface area contributed by atoms with Crippen LogP contribution in [0.3, 0.4) is 0 Å². The van der Waals surface area contributed by atoms with Crippen molar-refractivity contribution in [2.24, 2.45) is 11.7 Å². The highest BCUT2D eigenvalue weighted by Gasteiger charge is 2.20. The highest BCUT2D eigenvalue weighted by Crippen LogP contribution is 2.10. The van der Waals surface area contributed by atoms with Crippen molar-refractivity contribution >= 4 is 0 Å². The minimum absolute atomic E-state index is 0.0972. The molecule has 0 spiro atoms. The highest BCUT2D eigenvalue weighted by molar-refractivity contribution is 4.75. The summed E-state index contributed by atoms with van der Waals surface area (Å²) in [5.41, 5.74) is 5.50. The van der Waals surface area contributed by atoms with Crippen molar-refractivity contribution in [3.05, 3.63) is 0 Å². The van der Waals surface area contributed by atoms with Crippen molar-refractivity contribution in [1.82, 2.24) is 4.90 Å². The number of aliphatic hydroxyl groups is 1. The van der Waals surface area contributed by atoms with Gasteiger partial charge in [-0.15, -0.1) is 0 Å². The Hall–Kier alpha value is -0.120. The Labute approximate surface area is 68.2 Å². The quantitative estimate of drug-likeness (QED) is 0.590. The topological polar surface area (TPSA) is 49.5 Å². The maximum absolute atomic E-state index is 9.21. The second kappa shape index (κ2) is 4.04. The molecule has 3 heteroatoms. The van der Waals surface area contributed by atoms with E-state index in [0.29, 0.717) is 5.92 Å². The highest BCUT2D eigenvalue weighted by atomic mass is 16.3. The van der Waals surface area contributed by atoms with Gasteiger partial charge in [0.15, 0.2) is 0 Å². The third kappa shape index (κ3) is 2.77. The largest absolute Gasteiger partial charge is 0.392 e. The number of β-amino-alcohol motifs (C(OH)–C–C–N with tert-alkyl or cyclic N) is 1. The summed E-state index contributed by atoms with van der Waals surface area (Å²) in [5, 5.41) is 9.21. The molecule has 1 fully saturated rings. The van der Waals surface area contributed by atoms with Gasteiger partial charge < -0.3 is 15.7 Å². The lowest BCUT2D eigenvalue weighted by molar-refractivity contribution is 0.171. The Morgan fingerprint density at radius 1 is 1.73 bits per heavy atom. The van der Waals surface area contributed by atoms with Crippen LogP contribution < -0.4 is 5.73 Å². The minimum Gasteiger partial charge on any atom is -0.392 e. The van der Waals surface area contributed by atoms with Gasteiger partial charge in [0.1, 0.15) is 0 Å². The van der Waals surface area contributed by atoms with Crippen LogP contribution >= 0.6 is 0 Å². The van der Waals surface area contributed by atoms with E-state index in [1.807, 2.05) is 0 Å². The lowest BCUT2D eigenvalue weighted by atomic mass is 10.2. The first-order chi connectivity index (χ1) is 5.22. The van der Waals surface area contributed by atoms with E-state index in [9.17, 15) is 5.11 Å². The minimum atomic E-state index is -0.0972. The lowest BCUT2D eigenvalue weighted by Crippen LogP contribution is -2.30. The van der Waals surface area contributed by atoms with E-state index in [2.05, 4.69) is 11.8 Å². The first-order valence-electron chi connectivity index (χ1n) is 4.33. The van der Waals surface area contributed by atoms with Crippen LogP contribution in [0.25, 0.3) is 0 Å². The van der Waals surface area contributed by atoms with E-state index in [-0.39, 0.29) is 6.10 Å². The summed E-state index contributed by atoms with van der Waals surface area (Å²) >= 11 is 0. The summed E-state index contributed by atoms with van der Waals surface area (Å²) in [6, 6.07) is 0. The lowest BCUT2D eigenvalue weighted by Gasteiger charge is -2.18. The summed E-state index contributed by atoms with van der Waals surface area (Å²) in [5.74, 6) is 0.556. The SMILES string of the molecule is CC(CN)CN1CCC(O)C1. The molecular formula is C8H18N2O. The number of likely N-dealkylation sites (tertiary alicyclic amines) is 1. The maximum atomic E-state index is 9.21. The van der Waals surface area contributed by atoms with Crippen LogP contribution in [0.5, 0.6) is 0 Å². The van der Waals surface area contributed by atoms with Gasteiger partial charge >= 0.3 is 0 Å². The summed E-state index contributed by atoms with van der Waals surface area (Å²) in [6.07, 6.45) is 0.831. The van der Waals surface area contributed by atoms with Crippen molar-refractivity contribution in [3.8, 4) is 0 Å². The second-order valence-electron chi connectivity index (χ2n) is 3.54. The molecule has 1 aliphatic heterocycles. The van der Waals surface area contributed by atoms with E-state index in [1.54, 1.807) is 0 Å². The molecule has 0 amide bonds. The average Bonchev–Trinajstić information content (AvgIpc) is 2.35. The van der Waals surface area contributed by atoms with E-state index in [4.69, 9.17) is 5.73 Å². The van der Waals surface area contributed by atoms with Gasteiger partial charge in [-0.3, -0.25) is 0 Å². The smallest absolute Gasteiger partial charge is 0.0679 e. The van der Waals surface area contributed by atoms with Gasteiger partial charge in [0, 0.05) is 19.6 Å². The molecule has 2 unspecified atom stereocenters. The van der Waals surface area contributed by atoms with E-state index >= 15 is 0 Å². The third-order valence-electron chi connectivity index (χ3n) is 2.22. The standard InChI is InChI=1S/C8H18N2O/c1-7(4-9)5-10-3-2-8(11)6-10/h7-8,11H,2-6,9H2,1H3. The van der Waals surface area contributed by atoms with Gasteiger partial charge in [0.2, 0.25) is 0 Å². The van der Waals surface area contributed by atoms with E-state index < -0.39 is 0 Å². The van der Waals surface area contributed by atoms with Gasteiger partial charge in [-0.05, 0) is 18.9 Å². The molecule has 0 saturated carbocycles. The van der Waals surface area contributed by atoms with Crippen molar-refractivity contribution in [1.29, 1.82) is 0 Å². The molecule has 1 rings (SSSR count). The molecule has 0 radical (unpaired) electrons. The Bertz CT molecular complexity index is 119. The molecule has 3 nitrogen and oxygen atoms in total. The molecular weight excluding hydrogens is 140 g/mol. The summed E-state index contributed by atoms with van der Waals surface area (Å²) in [4.78, 5) is 2.28. The van der Waals surface area contributed by atoms with Crippen molar-refractivity contribution in [2.75, 3.05) is 26.2 Å². The van der Waals surface area contributed by atoms with Crippen molar-refractivity contribution < 1.29 is 5.11 Å². The van der Waals surface area contributed by atoms with Gasteiger partial charge in [-0.2, -0.15) is 0 Å². The number of aliphatic hydroxyl groups excluding tert-OH is 1. The van der Waals surface area contributed by atoms with Gasteiger partial charge in [0.25, 0.3) is 0 Å². The number of hydrogen-bond donors (Lipinski definition) is 2. The predicted molar refractivity (Wildman–Crippen MR) is 45.3 cm³/mol. The van der Waals surface area contributed by atoms with Crippen LogP contribution in [0, 0.1) is 5.92 Å². The molecule has 1 heterocycles. The predicted octanol–water partition coefficient (Wildman–Crippen LogP) is -0.352. The zero-order chi connectivity index (χ0) is 8.27. The van der Waals surface area contributed by atoms with Crippen LogP contribution in [0.1, 0.15) is 13.3 Å². The van der Waals surface area contributed by atoms with Crippen LogP contribution in [0.2, 0.25) is 0 Å². The van der Waals surface area contributed by atoms with Gasteiger partial charge in [-0.1, -0.05) is 6.92 Å². The fraction of sp³-hybridized carbons (Fsp3) is 1.00. The van der Waals surface area contributed by atoms with Crippen LogP contribution in [0.15, 0.2) is 0 Å². The number of rotatable bonds is 3. The monoisotopic (exact) mass is 158 g/mol. The molecule has 0 bridgehead atoms. The molecule has 1 aliphatic rings. The summed E-state index contributed by atoms with van der Waals surface area (Å²) in [7, 11) is 0. The van der Waals surface area contributed by atoms with E-state index in [0.717, 1.165) is 32.6 Å². The number of nitrogens with two attached hydrogens (primary N) is 1. The zero-order valence-electron chi connectivity index (χ0n) is 7.16. The van der Waals surface area contributed by atoms with Gasteiger partial charge in [0.05, 0.1) is 6.10 Å². The fourth-order valence-corrected chi connectivity index (χ4v) is 1.49. The summed E-state index contributed by atoms with van der Waals surface area (Å²) < 4.78 is 0. The molecule has 0 aromatic heterocycles. The fourth-order valence-electron chi connectivity index (χ4n) is 1.49. The van der Waals surface area contributed by atoms with Crippen LogP contribution in [0.4, 0.5) is 0 Å². The second-order valence-corrected chi connectivity index (χ2v) is 3.54. The Kier molecular flexibility index (Phi) is 3.30. The molecule has 2 atom stereocenters. The van der Waals surface area contributed by atoms with Gasteiger partial charge in [-0.25, -0.2) is 0 Å². The Balaban J connectivity index is 2.17. The first kappa shape index (κ1) is 8.97. The maximum Gasteiger partial charge on any atom is 0.0679 e. The first-order valence-corrected chi connectivity index (χ1v) is 4.33. The number of nitrogens with zero attached hydrogens (tertiary/aromatic N) is 1. The molecule has 0 aromatic rings. The zero-order valence-corrected chi connectivity index (χ0v) is 7.16. The molecule has 0 aliphatic carbocycles. The van der Waals surface area contributed by atoms with E-state index in [1.165, 1.54) is 0 Å². The molecule has 0 aromatic carbocycles. The molecule has 3 N–H and O–H groups in total. The molecule has 1 saturated heterocycles. The Morgan fingerprint density at radius 3 is 2.91 bits per heavy atom.